The molecule has 0 bridgehead atoms. The summed E-state index contributed by atoms with van der Waals surface area (Å²) >= 11 is 0. The third-order valence-corrected chi connectivity index (χ3v) is 4.63. The van der Waals surface area contributed by atoms with Crippen LogP contribution < -0.4 is 11.1 Å². The maximum Gasteiger partial charge on any atom is 0.243 e. The lowest BCUT2D eigenvalue weighted by Crippen LogP contribution is -2.38. The monoisotopic (exact) mass is 254 g/mol. The maximum atomic E-state index is 10.5. The Morgan fingerprint density at radius 3 is 2.50 bits per heavy atom. The highest BCUT2D eigenvalue weighted by molar-refractivity contribution is 5.74. The van der Waals surface area contributed by atoms with Gasteiger partial charge in [-0.15, -0.1) is 0 Å². The molecule has 4 nitrogen and oxygen atoms in total. The van der Waals surface area contributed by atoms with Gasteiger partial charge in [-0.1, -0.05) is 12.8 Å². The molecule has 104 valence electrons. The van der Waals surface area contributed by atoms with E-state index in [4.69, 9.17) is 10.5 Å². The van der Waals surface area contributed by atoms with Crippen molar-refractivity contribution < 1.29 is 9.53 Å². The zero-order valence-corrected chi connectivity index (χ0v) is 11.2. The molecule has 18 heavy (non-hydrogen) atoms. The SMILES string of the molecule is NC(=O)COCCNC1CCC2(CCCC2)CC1. The van der Waals surface area contributed by atoms with Crippen molar-refractivity contribution in [3.63, 3.8) is 0 Å². The predicted octanol–water partition coefficient (Wildman–Crippen LogP) is 1.58. The molecule has 0 aromatic carbocycles. The average Bonchev–Trinajstić information content (AvgIpc) is 2.80. The van der Waals surface area contributed by atoms with Crippen LogP contribution in [0.25, 0.3) is 0 Å². The van der Waals surface area contributed by atoms with Crippen LogP contribution in [0, 0.1) is 5.41 Å². The van der Waals surface area contributed by atoms with E-state index in [1.807, 2.05) is 0 Å². The number of ether oxygens (including phenoxy) is 1. The Kier molecular flexibility index (Phi) is 5.01. The van der Waals surface area contributed by atoms with E-state index >= 15 is 0 Å². The first-order valence-corrected chi connectivity index (χ1v) is 7.30. The van der Waals surface area contributed by atoms with Gasteiger partial charge in [0.15, 0.2) is 0 Å². The maximum absolute atomic E-state index is 10.5. The van der Waals surface area contributed by atoms with Gasteiger partial charge in [0, 0.05) is 12.6 Å². The van der Waals surface area contributed by atoms with E-state index in [0.717, 1.165) is 6.54 Å². The molecule has 4 heteroatoms. The number of nitrogens with one attached hydrogen (secondary N) is 1. The second kappa shape index (κ2) is 6.53. The molecular formula is C14H26N2O2. The Bertz CT molecular complexity index is 265. The fraction of sp³-hybridized carbons (Fsp3) is 0.929. The molecule has 1 amide bonds. The molecule has 2 fully saturated rings. The summed E-state index contributed by atoms with van der Waals surface area (Å²) in [4.78, 5) is 10.5. The van der Waals surface area contributed by atoms with Crippen molar-refractivity contribution in [2.45, 2.75) is 57.4 Å². The number of primary amides is 1. The molecule has 0 atom stereocenters. The van der Waals surface area contributed by atoms with Crippen molar-refractivity contribution in [1.29, 1.82) is 0 Å². The normalized spacial score (nSPS) is 23.6. The van der Waals surface area contributed by atoms with Gasteiger partial charge in [-0.25, -0.2) is 0 Å². The predicted molar refractivity (Wildman–Crippen MR) is 71.2 cm³/mol. The largest absolute Gasteiger partial charge is 0.370 e. The summed E-state index contributed by atoms with van der Waals surface area (Å²) in [5.41, 5.74) is 5.71. The van der Waals surface area contributed by atoms with E-state index < -0.39 is 5.91 Å². The minimum Gasteiger partial charge on any atom is -0.370 e. The van der Waals surface area contributed by atoms with E-state index in [-0.39, 0.29) is 6.61 Å². The van der Waals surface area contributed by atoms with Gasteiger partial charge in [-0.2, -0.15) is 0 Å². The molecule has 1 spiro atoms. The molecule has 2 aliphatic carbocycles. The third kappa shape index (κ3) is 3.95. The molecule has 0 radical (unpaired) electrons. The molecule has 2 aliphatic rings. The van der Waals surface area contributed by atoms with Crippen molar-refractivity contribution in [2.75, 3.05) is 19.8 Å². The number of amides is 1. The summed E-state index contributed by atoms with van der Waals surface area (Å²) in [6.45, 7) is 1.44. The van der Waals surface area contributed by atoms with Gasteiger partial charge < -0.3 is 15.8 Å². The Labute approximate surface area is 110 Å². The number of hydrogen-bond donors (Lipinski definition) is 2. The fourth-order valence-electron chi connectivity index (χ4n) is 3.57. The van der Waals surface area contributed by atoms with Gasteiger partial charge in [0.2, 0.25) is 5.91 Å². The molecule has 2 saturated carbocycles. The van der Waals surface area contributed by atoms with Crippen LogP contribution in [0.5, 0.6) is 0 Å². The van der Waals surface area contributed by atoms with Gasteiger partial charge in [-0.3, -0.25) is 4.79 Å². The first-order chi connectivity index (χ1) is 8.70. The Balaban J connectivity index is 1.55. The smallest absolute Gasteiger partial charge is 0.243 e. The van der Waals surface area contributed by atoms with E-state index in [2.05, 4.69) is 5.32 Å². The first-order valence-electron chi connectivity index (χ1n) is 7.30. The number of carbonyl (C=O) groups excluding carboxylic acids is 1. The van der Waals surface area contributed by atoms with E-state index in [1.54, 1.807) is 0 Å². The summed E-state index contributed by atoms with van der Waals surface area (Å²) < 4.78 is 5.14. The molecule has 0 unspecified atom stereocenters. The van der Waals surface area contributed by atoms with Gasteiger partial charge in [-0.05, 0) is 43.9 Å². The summed E-state index contributed by atoms with van der Waals surface area (Å²) in [5, 5.41) is 3.52. The van der Waals surface area contributed by atoms with E-state index in [0.29, 0.717) is 18.1 Å². The molecule has 0 aromatic rings. The second-order valence-corrected chi connectivity index (χ2v) is 5.95. The van der Waals surface area contributed by atoms with Crippen molar-refractivity contribution in [3.8, 4) is 0 Å². The van der Waals surface area contributed by atoms with Gasteiger partial charge in [0.05, 0.1) is 6.61 Å². The Morgan fingerprint density at radius 2 is 1.89 bits per heavy atom. The zero-order chi connectivity index (χ0) is 12.8. The topological polar surface area (TPSA) is 64.4 Å². The number of carbonyl (C=O) groups is 1. The number of nitrogens with two attached hydrogens (primary N) is 1. The lowest BCUT2D eigenvalue weighted by Gasteiger charge is -2.37. The zero-order valence-electron chi connectivity index (χ0n) is 11.2. The molecule has 0 aliphatic heterocycles. The Hall–Kier alpha value is -0.610. The standard InChI is InChI=1S/C14H26N2O2/c15-13(17)11-18-10-9-16-12-3-7-14(8-4-12)5-1-2-6-14/h12,16H,1-11H2,(H2,15,17). The van der Waals surface area contributed by atoms with E-state index in [1.165, 1.54) is 51.4 Å². The highest BCUT2D eigenvalue weighted by Gasteiger charge is 2.37. The van der Waals surface area contributed by atoms with Crippen LogP contribution in [-0.4, -0.2) is 31.7 Å². The van der Waals surface area contributed by atoms with Crippen molar-refractivity contribution >= 4 is 5.91 Å². The first kappa shape index (κ1) is 13.8. The van der Waals surface area contributed by atoms with Crippen LogP contribution in [0.2, 0.25) is 0 Å². The van der Waals surface area contributed by atoms with Crippen molar-refractivity contribution in [2.24, 2.45) is 11.1 Å². The van der Waals surface area contributed by atoms with Crippen LogP contribution in [-0.2, 0) is 9.53 Å². The summed E-state index contributed by atoms with van der Waals surface area (Å²) in [6.07, 6.45) is 11.2. The minimum absolute atomic E-state index is 0.0372. The highest BCUT2D eigenvalue weighted by atomic mass is 16.5. The molecular weight excluding hydrogens is 228 g/mol. The number of rotatable bonds is 6. The van der Waals surface area contributed by atoms with Crippen LogP contribution in [0.3, 0.4) is 0 Å². The lowest BCUT2D eigenvalue weighted by molar-refractivity contribution is -0.122. The molecule has 0 heterocycles. The lowest BCUT2D eigenvalue weighted by atomic mass is 9.71. The molecule has 2 rings (SSSR count). The molecule has 3 N–H and O–H groups in total. The minimum atomic E-state index is -0.393. The number of hydrogen-bond acceptors (Lipinski definition) is 3. The highest BCUT2D eigenvalue weighted by Crippen LogP contribution is 2.48. The van der Waals surface area contributed by atoms with Gasteiger partial charge in [0.1, 0.15) is 6.61 Å². The quantitative estimate of drug-likeness (QED) is 0.707. The average molecular weight is 254 g/mol. The van der Waals surface area contributed by atoms with Gasteiger partial charge >= 0.3 is 0 Å². The second-order valence-electron chi connectivity index (χ2n) is 5.95. The van der Waals surface area contributed by atoms with Crippen molar-refractivity contribution in [3.05, 3.63) is 0 Å². The fourth-order valence-corrected chi connectivity index (χ4v) is 3.57. The van der Waals surface area contributed by atoms with Crippen LogP contribution in [0.15, 0.2) is 0 Å². The van der Waals surface area contributed by atoms with Crippen LogP contribution in [0.4, 0.5) is 0 Å². The van der Waals surface area contributed by atoms with Gasteiger partial charge in [0.25, 0.3) is 0 Å². The molecule has 0 aromatic heterocycles. The summed E-state index contributed by atoms with van der Waals surface area (Å²) in [5.74, 6) is -0.393. The van der Waals surface area contributed by atoms with Crippen LogP contribution in [0.1, 0.15) is 51.4 Å². The van der Waals surface area contributed by atoms with E-state index in [9.17, 15) is 4.79 Å². The van der Waals surface area contributed by atoms with Crippen molar-refractivity contribution in [1.82, 2.24) is 5.32 Å². The summed E-state index contributed by atoms with van der Waals surface area (Å²) in [7, 11) is 0. The summed E-state index contributed by atoms with van der Waals surface area (Å²) in [6, 6.07) is 0.647. The van der Waals surface area contributed by atoms with Crippen LogP contribution >= 0.6 is 0 Å². The molecule has 0 saturated heterocycles. The third-order valence-electron chi connectivity index (χ3n) is 4.63. The Morgan fingerprint density at radius 1 is 1.22 bits per heavy atom.